The van der Waals surface area contributed by atoms with Gasteiger partial charge in [0.25, 0.3) is 0 Å². The van der Waals surface area contributed by atoms with E-state index in [0.717, 1.165) is 17.7 Å². The highest BCUT2D eigenvalue weighted by molar-refractivity contribution is 5.61. The number of pyridine rings is 1. The summed E-state index contributed by atoms with van der Waals surface area (Å²) in [6, 6.07) is 5.34. The molecule has 0 aliphatic heterocycles. The highest BCUT2D eigenvalue weighted by Crippen LogP contribution is 2.24. The van der Waals surface area contributed by atoms with Crippen LogP contribution < -0.4 is 10.5 Å². The smallest absolute Gasteiger partial charge is 0.159 e. The molecular weight excluding hydrogens is 238 g/mol. The number of ether oxygens (including phenoxy) is 1. The van der Waals surface area contributed by atoms with Crippen LogP contribution in [0.1, 0.15) is 5.56 Å². The summed E-state index contributed by atoms with van der Waals surface area (Å²) in [6.07, 6.45) is 1.51. The molecule has 2 rings (SSSR count). The highest BCUT2D eigenvalue weighted by atomic mass is 19.2. The molecular formula is C13H12F2N2O. The van der Waals surface area contributed by atoms with Gasteiger partial charge >= 0.3 is 0 Å². The first-order valence-electron chi connectivity index (χ1n) is 5.34. The van der Waals surface area contributed by atoms with Crippen LogP contribution in [-0.4, -0.2) is 12.1 Å². The van der Waals surface area contributed by atoms with E-state index in [9.17, 15) is 8.78 Å². The molecule has 0 amide bonds. The van der Waals surface area contributed by atoms with Crippen LogP contribution in [0.15, 0.2) is 30.5 Å². The Morgan fingerprint density at radius 2 is 2.00 bits per heavy atom. The van der Waals surface area contributed by atoms with Crippen molar-refractivity contribution in [2.45, 2.75) is 6.54 Å². The van der Waals surface area contributed by atoms with Crippen LogP contribution in [-0.2, 0) is 6.54 Å². The van der Waals surface area contributed by atoms with Gasteiger partial charge in [0.15, 0.2) is 11.6 Å². The topological polar surface area (TPSA) is 48.1 Å². The fourth-order valence-electron chi connectivity index (χ4n) is 1.64. The molecule has 2 N–H and O–H groups in total. The van der Waals surface area contributed by atoms with Crippen LogP contribution in [0, 0.1) is 11.6 Å². The van der Waals surface area contributed by atoms with Crippen molar-refractivity contribution in [1.82, 2.24) is 4.98 Å². The third-order valence-electron chi connectivity index (χ3n) is 2.60. The summed E-state index contributed by atoms with van der Waals surface area (Å²) in [5.74, 6) is -1.21. The van der Waals surface area contributed by atoms with E-state index < -0.39 is 11.6 Å². The number of hydrogen-bond acceptors (Lipinski definition) is 3. The molecule has 0 fully saturated rings. The average Bonchev–Trinajstić information content (AvgIpc) is 2.41. The highest BCUT2D eigenvalue weighted by Gasteiger charge is 2.08. The fourth-order valence-corrected chi connectivity index (χ4v) is 1.64. The first-order valence-corrected chi connectivity index (χ1v) is 5.34. The summed E-state index contributed by atoms with van der Waals surface area (Å²) in [5.41, 5.74) is 7.36. The van der Waals surface area contributed by atoms with Gasteiger partial charge in [-0.1, -0.05) is 0 Å². The quantitative estimate of drug-likeness (QED) is 0.910. The Morgan fingerprint density at radius 3 is 2.61 bits per heavy atom. The van der Waals surface area contributed by atoms with E-state index >= 15 is 0 Å². The third-order valence-corrected chi connectivity index (χ3v) is 2.60. The second kappa shape index (κ2) is 5.10. The van der Waals surface area contributed by atoms with Crippen molar-refractivity contribution in [2.24, 2.45) is 5.73 Å². The van der Waals surface area contributed by atoms with Gasteiger partial charge in [-0.3, -0.25) is 4.98 Å². The first kappa shape index (κ1) is 12.4. The Hall–Kier alpha value is -2.01. The van der Waals surface area contributed by atoms with Crippen molar-refractivity contribution >= 4 is 0 Å². The molecule has 2 aromatic rings. The molecule has 0 radical (unpaired) electrons. The lowest BCUT2D eigenvalue weighted by atomic mass is 10.1. The molecule has 1 heterocycles. The number of aromatic nitrogens is 1. The Labute approximate surface area is 103 Å². The van der Waals surface area contributed by atoms with Gasteiger partial charge in [-0.05, 0) is 24.3 Å². The Kier molecular flexibility index (Phi) is 3.53. The van der Waals surface area contributed by atoms with Gasteiger partial charge in [-0.2, -0.15) is 0 Å². The van der Waals surface area contributed by atoms with E-state index in [0.29, 0.717) is 17.0 Å². The van der Waals surface area contributed by atoms with Crippen molar-refractivity contribution in [3.63, 3.8) is 0 Å². The van der Waals surface area contributed by atoms with E-state index in [1.165, 1.54) is 19.4 Å². The summed E-state index contributed by atoms with van der Waals surface area (Å²) in [4.78, 5) is 4.13. The lowest BCUT2D eigenvalue weighted by Crippen LogP contribution is -2.01. The van der Waals surface area contributed by atoms with Crippen molar-refractivity contribution in [2.75, 3.05) is 7.11 Å². The zero-order valence-electron chi connectivity index (χ0n) is 9.78. The van der Waals surface area contributed by atoms with Crippen molar-refractivity contribution in [1.29, 1.82) is 0 Å². The zero-order valence-corrected chi connectivity index (χ0v) is 9.78. The number of benzene rings is 1. The maximum Gasteiger partial charge on any atom is 0.159 e. The van der Waals surface area contributed by atoms with Crippen LogP contribution in [0.25, 0.3) is 11.3 Å². The second-order valence-electron chi connectivity index (χ2n) is 3.71. The number of methoxy groups -OCH3 is 1. The number of hydrogen-bond donors (Lipinski definition) is 1. The molecule has 3 nitrogen and oxygen atoms in total. The number of halogens is 2. The summed E-state index contributed by atoms with van der Waals surface area (Å²) in [5, 5.41) is 0. The van der Waals surface area contributed by atoms with Crippen LogP contribution >= 0.6 is 0 Å². The molecule has 1 aromatic heterocycles. The Morgan fingerprint density at radius 1 is 1.22 bits per heavy atom. The largest absolute Gasteiger partial charge is 0.495 e. The molecule has 0 spiro atoms. The summed E-state index contributed by atoms with van der Waals surface area (Å²) < 4.78 is 31.1. The lowest BCUT2D eigenvalue weighted by molar-refractivity contribution is 0.408. The van der Waals surface area contributed by atoms with E-state index in [4.69, 9.17) is 10.5 Å². The number of rotatable bonds is 3. The molecule has 0 bridgehead atoms. The van der Waals surface area contributed by atoms with Crippen molar-refractivity contribution in [3.8, 4) is 17.0 Å². The average molecular weight is 250 g/mol. The van der Waals surface area contributed by atoms with Crippen LogP contribution in [0.2, 0.25) is 0 Å². The van der Waals surface area contributed by atoms with Gasteiger partial charge in [0.2, 0.25) is 0 Å². The van der Waals surface area contributed by atoms with E-state index in [2.05, 4.69) is 4.98 Å². The molecule has 94 valence electrons. The molecule has 0 atom stereocenters. The van der Waals surface area contributed by atoms with E-state index in [1.54, 1.807) is 6.07 Å². The van der Waals surface area contributed by atoms with Crippen molar-refractivity contribution < 1.29 is 13.5 Å². The van der Waals surface area contributed by atoms with Crippen LogP contribution in [0.4, 0.5) is 8.78 Å². The van der Waals surface area contributed by atoms with Gasteiger partial charge in [-0.25, -0.2) is 8.78 Å². The summed E-state index contributed by atoms with van der Waals surface area (Å²) in [6.45, 7) is 0.280. The SMILES string of the molecule is COc1cnc(-c2ccc(F)c(F)c2)cc1CN. The number of nitrogens with zero attached hydrogens (tertiary/aromatic N) is 1. The van der Waals surface area contributed by atoms with Gasteiger partial charge in [0, 0.05) is 17.7 Å². The minimum Gasteiger partial charge on any atom is -0.495 e. The van der Waals surface area contributed by atoms with Gasteiger partial charge < -0.3 is 10.5 Å². The maximum atomic E-state index is 13.1. The molecule has 0 saturated heterocycles. The van der Waals surface area contributed by atoms with E-state index in [-0.39, 0.29) is 6.54 Å². The third kappa shape index (κ3) is 2.31. The van der Waals surface area contributed by atoms with Crippen molar-refractivity contribution in [3.05, 3.63) is 47.7 Å². The molecule has 0 aliphatic carbocycles. The Balaban J connectivity index is 2.47. The molecule has 5 heteroatoms. The predicted octanol–water partition coefficient (Wildman–Crippen LogP) is 2.49. The normalized spacial score (nSPS) is 10.4. The molecule has 0 saturated carbocycles. The van der Waals surface area contributed by atoms with Gasteiger partial charge in [0.1, 0.15) is 5.75 Å². The van der Waals surface area contributed by atoms with Crippen LogP contribution in [0.3, 0.4) is 0 Å². The lowest BCUT2D eigenvalue weighted by Gasteiger charge is -2.08. The monoisotopic (exact) mass is 250 g/mol. The second-order valence-corrected chi connectivity index (χ2v) is 3.71. The molecule has 0 unspecified atom stereocenters. The minimum atomic E-state index is -0.903. The standard InChI is InChI=1S/C13H12F2N2O/c1-18-13-7-17-12(5-9(13)6-16)8-2-3-10(14)11(15)4-8/h2-5,7H,6,16H2,1H3. The molecule has 18 heavy (non-hydrogen) atoms. The molecule has 1 aromatic carbocycles. The molecule has 0 aliphatic rings. The van der Waals surface area contributed by atoms with Gasteiger partial charge in [-0.15, -0.1) is 0 Å². The van der Waals surface area contributed by atoms with E-state index in [1.807, 2.05) is 0 Å². The summed E-state index contributed by atoms with van der Waals surface area (Å²) in [7, 11) is 1.52. The fraction of sp³-hybridized carbons (Fsp3) is 0.154. The van der Waals surface area contributed by atoms with Gasteiger partial charge in [0.05, 0.1) is 19.0 Å². The minimum absolute atomic E-state index is 0.280. The predicted molar refractivity (Wildman–Crippen MR) is 64.0 cm³/mol. The maximum absolute atomic E-state index is 13.1. The summed E-state index contributed by atoms with van der Waals surface area (Å²) >= 11 is 0. The van der Waals surface area contributed by atoms with Crippen LogP contribution in [0.5, 0.6) is 5.75 Å². The first-order chi connectivity index (χ1) is 8.65. The zero-order chi connectivity index (χ0) is 13.1. The Bertz CT molecular complexity index is 573. The number of nitrogens with two attached hydrogens (primary N) is 1.